The summed E-state index contributed by atoms with van der Waals surface area (Å²) in [6, 6.07) is -0.666. The molecule has 0 aliphatic heterocycles. The van der Waals surface area contributed by atoms with E-state index < -0.39 is 19.9 Å². The highest BCUT2D eigenvalue weighted by Crippen LogP contribution is 2.32. The maximum atomic E-state index is 11.4. The molecule has 0 rings (SSSR count). The first kappa shape index (κ1) is 13.9. The van der Waals surface area contributed by atoms with Gasteiger partial charge in [0.1, 0.15) is 0 Å². The molecule has 0 aromatic heterocycles. The van der Waals surface area contributed by atoms with Crippen LogP contribution in [0.4, 0.5) is 0 Å². The second-order valence-corrected chi connectivity index (χ2v) is 5.01. The molecule has 0 unspecified atom stereocenters. The fourth-order valence-electron chi connectivity index (χ4n) is 0.771. The van der Waals surface area contributed by atoms with Gasteiger partial charge in [-0.25, -0.2) is 0 Å². The summed E-state index contributed by atoms with van der Waals surface area (Å²) in [6.45, 7) is 0. The zero-order chi connectivity index (χ0) is 11.4. The lowest BCUT2D eigenvalue weighted by molar-refractivity contribution is -0.130. The third-order valence-corrected chi connectivity index (χ3v) is 2.42. The Morgan fingerprint density at radius 2 is 2.07 bits per heavy atom. The smallest absolute Gasteiger partial charge is 0.339 e. The second kappa shape index (κ2) is 5.72. The summed E-state index contributed by atoms with van der Waals surface area (Å²) in [5.74, 6) is -0.0646. The number of thiol groups is 1. The summed E-state index contributed by atoms with van der Waals surface area (Å²) >= 11 is 3.92. The van der Waals surface area contributed by atoms with E-state index in [9.17, 15) is 9.36 Å². The average Bonchev–Trinajstić information content (AvgIpc) is 2.02. The van der Waals surface area contributed by atoms with Crippen LogP contribution in [-0.2, 0) is 9.36 Å². The van der Waals surface area contributed by atoms with E-state index in [0.717, 1.165) is 0 Å². The maximum absolute atomic E-state index is 11.4. The molecular formula is C6H15N2O4PS. The largest absolute Gasteiger partial charge is 0.347 e. The molecular weight excluding hydrogens is 227 g/mol. The first-order valence-electron chi connectivity index (χ1n) is 3.88. The maximum Gasteiger partial charge on any atom is 0.339 e. The van der Waals surface area contributed by atoms with Crippen LogP contribution in [0.15, 0.2) is 0 Å². The zero-order valence-electron chi connectivity index (χ0n) is 8.04. The van der Waals surface area contributed by atoms with Gasteiger partial charge in [-0.15, -0.1) is 0 Å². The van der Waals surface area contributed by atoms with Crippen molar-refractivity contribution in [3.05, 3.63) is 0 Å². The summed E-state index contributed by atoms with van der Waals surface area (Å²) < 4.78 is 10.5. The highest BCUT2D eigenvalue weighted by Gasteiger charge is 2.21. The Balaban J connectivity index is 4.17. The van der Waals surface area contributed by atoms with Crippen LogP contribution < -0.4 is 5.32 Å². The summed E-state index contributed by atoms with van der Waals surface area (Å²) in [5.41, 5.74) is 0. The predicted molar refractivity (Wildman–Crippen MR) is 56.4 cm³/mol. The van der Waals surface area contributed by atoms with Gasteiger partial charge < -0.3 is 14.7 Å². The van der Waals surface area contributed by atoms with E-state index in [1.54, 1.807) is 14.1 Å². The minimum Gasteiger partial charge on any atom is -0.347 e. The highest BCUT2D eigenvalue weighted by molar-refractivity contribution is 7.80. The second-order valence-electron chi connectivity index (χ2n) is 2.99. The van der Waals surface area contributed by atoms with E-state index in [1.807, 2.05) is 0 Å². The van der Waals surface area contributed by atoms with E-state index in [1.165, 1.54) is 4.90 Å². The summed E-state index contributed by atoms with van der Waals surface area (Å²) in [7, 11) is -0.984. The zero-order valence-corrected chi connectivity index (χ0v) is 9.83. The molecule has 0 aliphatic rings. The number of amides is 1. The molecule has 6 nitrogen and oxygen atoms in total. The Kier molecular flexibility index (Phi) is 5.70. The van der Waals surface area contributed by atoms with E-state index >= 15 is 0 Å². The first-order valence-corrected chi connectivity index (χ1v) is 6.31. The van der Waals surface area contributed by atoms with Crippen LogP contribution in [0.25, 0.3) is 0 Å². The lowest BCUT2D eigenvalue weighted by Gasteiger charge is -2.20. The van der Waals surface area contributed by atoms with Crippen molar-refractivity contribution in [1.29, 1.82) is 0 Å². The molecule has 8 heteroatoms. The lowest BCUT2D eigenvalue weighted by Crippen LogP contribution is -2.45. The Bertz CT molecular complexity index is 242. The summed E-state index contributed by atoms with van der Waals surface area (Å²) in [5, 5.41) is 2.46. The molecule has 84 valence electrons. The molecule has 0 fully saturated rings. The minimum atomic E-state index is -4.12. The molecule has 0 saturated heterocycles. The number of hydrogen-bond donors (Lipinski definition) is 4. The normalized spacial score (nSPS) is 13.8. The first-order chi connectivity index (χ1) is 6.28. The van der Waals surface area contributed by atoms with Gasteiger partial charge >= 0.3 is 7.60 Å². The number of rotatable bonds is 5. The van der Waals surface area contributed by atoms with Crippen molar-refractivity contribution in [2.24, 2.45) is 0 Å². The molecule has 0 aromatic rings. The van der Waals surface area contributed by atoms with Crippen molar-refractivity contribution < 1.29 is 19.1 Å². The molecule has 14 heavy (non-hydrogen) atoms. The van der Waals surface area contributed by atoms with Crippen molar-refractivity contribution in [2.75, 3.05) is 26.1 Å². The van der Waals surface area contributed by atoms with Gasteiger partial charge in [-0.2, -0.15) is 12.6 Å². The molecule has 0 radical (unpaired) electrons. The number of carbonyl (C=O) groups is 1. The van der Waals surface area contributed by atoms with Crippen molar-refractivity contribution in [3.8, 4) is 0 Å². The minimum absolute atomic E-state index is 0.191. The van der Waals surface area contributed by atoms with Crippen LogP contribution in [-0.4, -0.2) is 52.8 Å². The Morgan fingerprint density at radius 1 is 1.57 bits per heavy atom. The summed E-state index contributed by atoms with van der Waals surface area (Å²) in [4.78, 5) is 29.9. The van der Waals surface area contributed by atoms with E-state index in [-0.39, 0.29) is 11.7 Å². The topological polar surface area (TPSA) is 89.9 Å². The molecule has 1 amide bonds. The predicted octanol–water partition coefficient (Wildman–Crippen LogP) is -0.902. The van der Waals surface area contributed by atoms with Crippen molar-refractivity contribution in [2.45, 2.75) is 6.04 Å². The molecule has 0 saturated carbocycles. The van der Waals surface area contributed by atoms with Crippen LogP contribution >= 0.6 is 20.2 Å². The third-order valence-electron chi connectivity index (χ3n) is 1.47. The molecule has 1 atom stereocenters. The van der Waals surface area contributed by atoms with Crippen molar-refractivity contribution in [1.82, 2.24) is 10.2 Å². The lowest BCUT2D eigenvalue weighted by atomic mass is 10.3. The molecule has 0 bridgehead atoms. The Morgan fingerprint density at radius 3 is 2.36 bits per heavy atom. The average molecular weight is 242 g/mol. The van der Waals surface area contributed by atoms with Crippen LogP contribution in [0.1, 0.15) is 0 Å². The van der Waals surface area contributed by atoms with Crippen molar-refractivity contribution >= 4 is 26.1 Å². The number of carbonyl (C=O) groups excluding carboxylic acids is 1. The molecule has 0 aromatic carbocycles. The van der Waals surface area contributed by atoms with E-state index in [4.69, 9.17) is 9.79 Å². The van der Waals surface area contributed by atoms with Gasteiger partial charge in [0.25, 0.3) is 0 Å². The molecule has 0 aliphatic carbocycles. The van der Waals surface area contributed by atoms with Crippen LogP contribution in [0.2, 0.25) is 0 Å². The van der Waals surface area contributed by atoms with Gasteiger partial charge in [-0.1, -0.05) is 0 Å². The number of likely N-dealkylation sites (N-methyl/N-ethyl adjacent to an activating group) is 1. The molecule has 3 N–H and O–H groups in total. The van der Waals surface area contributed by atoms with Gasteiger partial charge in [0, 0.05) is 19.8 Å². The SMILES string of the molecule is CN(C)C(=O)[C@H](CS)NCP(=O)(O)O. The number of nitrogens with one attached hydrogen (secondary N) is 1. The fourth-order valence-corrected chi connectivity index (χ4v) is 1.51. The van der Waals surface area contributed by atoms with Gasteiger partial charge in [0.05, 0.1) is 12.3 Å². The number of nitrogens with zero attached hydrogens (tertiary/aromatic N) is 1. The standard InChI is InChI=1S/C6H15N2O4PS/c1-8(2)6(9)5(3-14)7-4-13(10,11)12/h5,7,14H,3-4H2,1-2H3,(H2,10,11,12)/t5-/m0/s1. The summed E-state index contributed by atoms with van der Waals surface area (Å²) in [6.07, 6.45) is -0.516. The van der Waals surface area contributed by atoms with Crippen LogP contribution in [0, 0.1) is 0 Å². The third kappa shape index (κ3) is 5.62. The van der Waals surface area contributed by atoms with Gasteiger partial charge in [-0.3, -0.25) is 14.7 Å². The molecule has 0 heterocycles. The molecule has 0 spiro atoms. The quantitative estimate of drug-likeness (QED) is 0.370. The Labute approximate surface area is 88.2 Å². The van der Waals surface area contributed by atoms with Crippen LogP contribution in [0.3, 0.4) is 0 Å². The Hall–Kier alpha value is -0.0700. The highest BCUT2D eigenvalue weighted by atomic mass is 32.1. The number of hydrogen-bond acceptors (Lipinski definition) is 4. The monoisotopic (exact) mass is 242 g/mol. The van der Waals surface area contributed by atoms with Gasteiger partial charge in [0.2, 0.25) is 5.91 Å². The van der Waals surface area contributed by atoms with E-state index in [0.29, 0.717) is 0 Å². The fraction of sp³-hybridized carbons (Fsp3) is 0.833. The van der Waals surface area contributed by atoms with Gasteiger partial charge in [-0.05, 0) is 0 Å². The van der Waals surface area contributed by atoms with Crippen molar-refractivity contribution in [3.63, 3.8) is 0 Å². The van der Waals surface area contributed by atoms with Crippen LogP contribution in [0.5, 0.6) is 0 Å². The van der Waals surface area contributed by atoms with E-state index in [2.05, 4.69) is 17.9 Å². The van der Waals surface area contributed by atoms with Gasteiger partial charge in [0.15, 0.2) is 0 Å².